The quantitative estimate of drug-likeness (QED) is 0.724. The number of halogens is 1. The molecule has 9 heteroatoms. The Labute approximate surface area is 156 Å². The first-order chi connectivity index (χ1) is 12.2. The van der Waals surface area contributed by atoms with Crippen LogP contribution in [0.4, 0.5) is 0 Å². The average molecular weight is 397 g/mol. The van der Waals surface area contributed by atoms with Crippen molar-refractivity contribution in [3.63, 3.8) is 0 Å². The van der Waals surface area contributed by atoms with Crippen molar-refractivity contribution in [1.29, 1.82) is 0 Å². The molecule has 0 aliphatic rings. The second-order valence-electron chi connectivity index (χ2n) is 5.49. The van der Waals surface area contributed by atoms with Crippen LogP contribution in [0.25, 0.3) is 0 Å². The number of esters is 1. The Balaban J connectivity index is 1.88. The monoisotopic (exact) mass is 396 g/mol. The summed E-state index contributed by atoms with van der Waals surface area (Å²) in [5.74, 6) is -1.13. The van der Waals surface area contributed by atoms with Gasteiger partial charge in [-0.3, -0.25) is 4.79 Å². The SMILES string of the molecule is C[C@H](NC(=O)COC(=O)c1ccc(Cl)cc1)c1ccc(S(N)(=O)=O)cc1. The molecule has 0 aromatic heterocycles. The molecule has 138 valence electrons. The van der Waals surface area contributed by atoms with E-state index < -0.39 is 34.5 Å². The number of sulfonamides is 1. The molecule has 2 aromatic carbocycles. The Morgan fingerprint density at radius 2 is 1.69 bits per heavy atom. The molecule has 0 saturated heterocycles. The number of hydrogen-bond donors (Lipinski definition) is 2. The molecule has 2 aromatic rings. The van der Waals surface area contributed by atoms with Crippen molar-refractivity contribution in [3.8, 4) is 0 Å². The van der Waals surface area contributed by atoms with E-state index in [0.717, 1.165) is 0 Å². The summed E-state index contributed by atoms with van der Waals surface area (Å²) in [6.07, 6.45) is 0. The van der Waals surface area contributed by atoms with Crippen LogP contribution in [0.5, 0.6) is 0 Å². The second kappa shape index (κ2) is 8.31. The second-order valence-corrected chi connectivity index (χ2v) is 7.48. The summed E-state index contributed by atoms with van der Waals surface area (Å²) in [7, 11) is -3.77. The van der Waals surface area contributed by atoms with E-state index in [-0.39, 0.29) is 10.5 Å². The van der Waals surface area contributed by atoms with E-state index >= 15 is 0 Å². The highest BCUT2D eigenvalue weighted by Gasteiger charge is 2.14. The number of amides is 1. The Bertz CT molecular complexity index is 896. The number of benzene rings is 2. The molecule has 0 bridgehead atoms. The summed E-state index contributed by atoms with van der Waals surface area (Å²) in [5.41, 5.74) is 0.962. The Morgan fingerprint density at radius 3 is 2.23 bits per heavy atom. The lowest BCUT2D eigenvalue weighted by Crippen LogP contribution is -2.31. The fourth-order valence-electron chi connectivity index (χ4n) is 2.11. The highest BCUT2D eigenvalue weighted by atomic mass is 35.5. The van der Waals surface area contributed by atoms with Crippen molar-refractivity contribution in [1.82, 2.24) is 5.32 Å². The molecular formula is C17H17ClN2O5S. The van der Waals surface area contributed by atoms with Crippen molar-refractivity contribution in [2.24, 2.45) is 5.14 Å². The molecule has 0 aliphatic heterocycles. The van der Waals surface area contributed by atoms with Gasteiger partial charge in [-0.05, 0) is 48.9 Å². The van der Waals surface area contributed by atoms with Gasteiger partial charge in [-0.2, -0.15) is 0 Å². The minimum absolute atomic E-state index is 0.0170. The fraction of sp³-hybridized carbons (Fsp3) is 0.176. The zero-order chi connectivity index (χ0) is 19.3. The summed E-state index contributed by atoms with van der Waals surface area (Å²) in [6, 6.07) is 11.5. The van der Waals surface area contributed by atoms with Gasteiger partial charge >= 0.3 is 5.97 Å². The smallest absolute Gasteiger partial charge is 0.338 e. The zero-order valence-corrected chi connectivity index (χ0v) is 15.4. The highest BCUT2D eigenvalue weighted by Crippen LogP contribution is 2.15. The zero-order valence-electron chi connectivity index (χ0n) is 13.8. The third kappa shape index (κ3) is 5.55. The van der Waals surface area contributed by atoms with Gasteiger partial charge in [-0.25, -0.2) is 18.4 Å². The third-order valence-electron chi connectivity index (χ3n) is 3.50. The average Bonchev–Trinajstić information content (AvgIpc) is 2.59. The number of primary sulfonamides is 1. The van der Waals surface area contributed by atoms with Crippen LogP contribution in [-0.4, -0.2) is 26.9 Å². The van der Waals surface area contributed by atoms with Crippen molar-refractivity contribution in [3.05, 3.63) is 64.7 Å². The van der Waals surface area contributed by atoms with E-state index in [4.69, 9.17) is 21.5 Å². The minimum Gasteiger partial charge on any atom is -0.452 e. The van der Waals surface area contributed by atoms with Gasteiger partial charge in [-0.1, -0.05) is 23.7 Å². The maximum absolute atomic E-state index is 11.9. The Kier molecular flexibility index (Phi) is 6.36. The summed E-state index contributed by atoms with van der Waals surface area (Å²) in [4.78, 5) is 23.7. The van der Waals surface area contributed by atoms with Gasteiger partial charge in [0.15, 0.2) is 6.61 Å². The van der Waals surface area contributed by atoms with Gasteiger partial charge in [0.25, 0.3) is 5.91 Å². The molecule has 0 spiro atoms. The van der Waals surface area contributed by atoms with Crippen LogP contribution in [-0.2, 0) is 19.6 Å². The van der Waals surface area contributed by atoms with E-state index in [2.05, 4.69) is 5.32 Å². The number of carbonyl (C=O) groups excluding carboxylic acids is 2. The van der Waals surface area contributed by atoms with Crippen LogP contribution < -0.4 is 10.5 Å². The minimum atomic E-state index is -3.77. The third-order valence-corrected chi connectivity index (χ3v) is 4.68. The molecule has 26 heavy (non-hydrogen) atoms. The van der Waals surface area contributed by atoms with Gasteiger partial charge in [0.2, 0.25) is 10.0 Å². The van der Waals surface area contributed by atoms with Crippen LogP contribution in [0.1, 0.15) is 28.9 Å². The molecule has 2 rings (SSSR count). The van der Waals surface area contributed by atoms with Crippen molar-refractivity contribution < 1.29 is 22.7 Å². The maximum Gasteiger partial charge on any atom is 0.338 e. The van der Waals surface area contributed by atoms with E-state index in [0.29, 0.717) is 10.6 Å². The molecule has 0 saturated carbocycles. The van der Waals surface area contributed by atoms with Crippen LogP contribution in [0.2, 0.25) is 5.02 Å². The molecule has 0 heterocycles. The molecule has 0 unspecified atom stereocenters. The number of nitrogens with one attached hydrogen (secondary N) is 1. The normalized spacial score (nSPS) is 12.3. The first kappa shape index (κ1) is 19.9. The Hall–Kier alpha value is -2.42. The molecule has 0 fully saturated rings. The number of hydrogen-bond acceptors (Lipinski definition) is 5. The highest BCUT2D eigenvalue weighted by molar-refractivity contribution is 7.89. The van der Waals surface area contributed by atoms with Crippen LogP contribution in [0.3, 0.4) is 0 Å². The van der Waals surface area contributed by atoms with E-state index in [1.54, 1.807) is 31.2 Å². The molecule has 3 N–H and O–H groups in total. The molecule has 7 nitrogen and oxygen atoms in total. The van der Waals surface area contributed by atoms with Crippen molar-refractivity contribution in [2.45, 2.75) is 17.9 Å². The summed E-state index contributed by atoms with van der Waals surface area (Å²) in [5, 5.41) is 8.17. The topological polar surface area (TPSA) is 116 Å². The number of carbonyl (C=O) groups is 2. The standard InChI is InChI=1S/C17H17ClN2O5S/c1-11(12-4-8-15(9-5-12)26(19,23)24)20-16(21)10-25-17(22)13-2-6-14(18)7-3-13/h2-9,11H,10H2,1H3,(H,20,21)(H2,19,23,24)/t11-/m0/s1. The van der Waals surface area contributed by atoms with Crippen LogP contribution >= 0.6 is 11.6 Å². The Morgan fingerprint density at radius 1 is 1.12 bits per heavy atom. The fourth-order valence-corrected chi connectivity index (χ4v) is 2.75. The van der Waals surface area contributed by atoms with Gasteiger partial charge < -0.3 is 10.1 Å². The summed E-state index contributed by atoms with van der Waals surface area (Å²) >= 11 is 5.74. The molecule has 1 atom stereocenters. The van der Waals surface area contributed by atoms with E-state index in [1.807, 2.05) is 0 Å². The first-order valence-corrected chi connectivity index (χ1v) is 9.44. The van der Waals surface area contributed by atoms with Crippen molar-refractivity contribution in [2.75, 3.05) is 6.61 Å². The molecule has 0 aliphatic carbocycles. The van der Waals surface area contributed by atoms with Crippen LogP contribution in [0.15, 0.2) is 53.4 Å². The summed E-state index contributed by atoms with van der Waals surface area (Å²) < 4.78 is 27.4. The van der Waals surface area contributed by atoms with E-state index in [9.17, 15) is 18.0 Å². The predicted molar refractivity (Wildman–Crippen MR) is 96.1 cm³/mol. The number of nitrogens with two attached hydrogens (primary N) is 1. The number of rotatable bonds is 6. The largest absolute Gasteiger partial charge is 0.452 e. The van der Waals surface area contributed by atoms with Gasteiger partial charge in [0.05, 0.1) is 16.5 Å². The van der Waals surface area contributed by atoms with Gasteiger partial charge in [0.1, 0.15) is 0 Å². The predicted octanol–water partition coefficient (Wildman–Crippen LogP) is 2.02. The lowest BCUT2D eigenvalue weighted by Gasteiger charge is -2.15. The van der Waals surface area contributed by atoms with Crippen molar-refractivity contribution >= 4 is 33.5 Å². The van der Waals surface area contributed by atoms with E-state index in [1.165, 1.54) is 24.3 Å². The molecule has 0 radical (unpaired) electrons. The molecule has 1 amide bonds. The van der Waals surface area contributed by atoms with Gasteiger partial charge in [0, 0.05) is 5.02 Å². The molecular weight excluding hydrogens is 380 g/mol. The summed E-state index contributed by atoms with van der Waals surface area (Å²) in [6.45, 7) is 1.27. The number of ether oxygens (including phenoxy) is 1. The lowest BCUT2D eigenvalue weighted by atomic mass is 10.1. The van der Waals surface area contributed by atoms with Crippen LogP contribution in [0, 0.1) is 0 Å². The first-order valence-electron chi connectivity index (χ1n) is 7.51. The maximum atomic E-state index is 11.9. The van der Waals surface area contributed by atoms with Gasteiger partial charge in [-0.15, -0.1) is 0 Å². The lowest BCUT2D eigenvalue weighted by molar-refractivity contribution is -0.124.